The summed E-state index contributed by atoms with van der Waals surface area (Å²) in [4.78, 5) is 16.2. The van der Waals surface area contributed by atoms with Crippen molar-refractivity contribution in [3.63, 3.8) is 0 Å². The molecule has 3 atom stereocenters. The highest BCUT2D eigenvalue weighted by atomic mass is 32.2. The normalized spacial score (nSPS) is 21.0. The smallest absolute Gasteiger partial charge is 0.293 e. The molecule has 0 bridgehead atoms. The summed E-state index contributed by atoms with van der Waals surface area (Å²) in [5, 5.41) is 7.87. The summed E-state index contributed by atoms with van der Waals surface area (Å²) in [6.45, 7) is 10.9. The van der Waals surface area contributed by atoms with E-state index in [2.05, 4.69) is 53.9 Å². The molecule has 9 nitrogen and oxygen atoms in total. The molecule has 3 aromatic rings. The molecule has 3 fully saturated rings. The first kappa shape index (κ1) is 37.4. The lowest BCUT2D eigenvalue weighted by Crippen LogP contribution is -2.27. The lowest BCUT2D eigenvalue weighted by atomic mass is 9.99. The van der Waals surface area contributed by atoms with Crippen LogP contribution in [-0.4, -0.2) is 81.7 Å². The average molecular weight is 689 g/mol. The number of benzene rings is 2. The van der Waals surface area contributed by atoms with Crippen LogP contribution in [0.4, 0.5) is 5.13 Å². The highest BCUT2D eigenvalue weighted by Crippen LogP contribution is 2.47. The first-order valence-corrected chi connectivity index (χ1v) is 18.5. The molecule has 1 saturated heterocycles. The fourth-order valence-electron chi connectivity index (χ4n) is 5.36. The van der Waals surface area contributed by atoms with Gasteiger partial charge in [-0.1, -0.05) is 49.3 Å². The molecule has 3 unspecified atom stereocenters. The van der Waals surface area contributed by atoms with Crippen molar-refractivity contribution in [2.24, 2.45) is 11.3 Å². The molecule has 2 aromatic carbocycles. The Morgan fingerprint density at radius 3 is 2.57 bits per heavy atom. The lowest BCUT2D eigenvalue weighted by molar-refractivity contribution is -0.135. The van der Waals surface area contributed by atoms with E-state index in [-0.39, 0.29) is 19.7 Å². The zero-order valence-corrected chi connectivity index (χ0v) is 30.6. The van der Waals surface area contributed by atoms with E-state index in [1.54, 1.807) is 25.6 Å². The van der Waals surface area contributed by atoms with Gasteiger partial charge in [-0.05, 0) is 107 Å². The van der Waals surface area contributed by atoms with Crippen LogP contribution >= 0.6 is 23.3 Å². The maximum Gasteiger partial charge on any atom is 0.293 e. The third-order valence-electron chi connectivity index (χ3n) is 8.59. The number of nitrogens with one attached hydrogen (secondary N) is 2. The van der Waals surface area contributed by atoms with E-state index >= 15 is 0 Å². The summed E-state index contributed by atoms with van der Waals surface area (Å²) in [6.07, 6.45) is 8.16. The van der Waals surface area contributed by atoms with Crippen molar-refractivity contribution in [2.45, 2.75) is 89.0 Å². The van der Waals surface area contributed by atoms with Crippen LogP contribution in [0.25, 0.3) is 10.2 Å². The predicted molar refractivity (Wildman–Crippen MR) is 196 cm³/mol. The number of aromatic nitrogens is 1. The number of hydrogen-bond donors (Lipinski definition) is 2. The molecule has 1 aliphatic heterocycles. The molecule has 47 heavy (non-hydrogen) atoms. The van der Waals surface area contributed by atoms with Gasteiger partial charge in [0.1, 0.15) is 11.9 Å². The van der Waals surface area contributed by atoms with Crippen LogP contribution in [-0.2, 0) is 19.0 Å². The Bertz CT molecular complexity index is 1360. The highest BCUT2D eigenvalue weighted by molar-refractivity contribution is 7.97. The quantitative estimate of drug-likeness (QED) is 0.0883. The number of methoxy groups -OCH3 is 2. The van der Waals surface area contributed by atoms with Crippen LogP contribution in [0.15, 0.2) is 47.4 Å². The zero-order valence-electron chi connectivity index (χ0n) is 29.0. The van der Waals surface area contributed by atoms with Crippen molar-refractivity contribution < 1.29 is 25.2 Å². The van der Waals surface area contributed by atoms with Crippen LogP contribution in [0.5, 0.6) is 5.75 Å². The molecule has 2 saturated carbocycles. The number of hydrogen-bond acceptors (Lipinski definition) is 11. The van der Waals surface area contributed by atoms with Gasteiger partial charge in [0, 0.05) is 38.5 Å². The summed E-state index contributed by atoms with van der Waals surface area (Å²) in [6, 6.07) is 15.3. The van der Waals surface area contributed by atoms with Crippen molar-refractivity contribution in [3.05, 3.63) is 48.0 Å². The van der Waals surface area contributed by atoms with Gasteiger partial charge in [-0.3, -0.25) is 4.79 Å². The highest BCUT2D eigenvalue weighted by Gasteiger charge is 2.39. The molecule has 1 aromatic heterocycles. The molecule has 6 rings (SSSR count). The van der Waals surface area contributed by atoms with Gasteiger partial charge in [-0.15, -0.1) is 0 Å². The van der Waals surface area contributed by atoms with E-state index < -0.39 is 0 Å². The molecule has 2 heterocycles. The van der Waals surface area contributed by atoms with Gasteiger partial charge in [0.2, 0.25) is 0 Å². The first-order chi connectivity index (χ1) is 22.8. The topological polar surface area (TPSA) is 94.2 Å². The summed E-state index contributed by atoms with van der Waals surface area (Å²) < 4.78 is 24.2. The van der Waals surface area contributed by atoms with E-state index in [0.29, 0.717) is 24.5 Å². The molecular formula is C36H56N4O5S2. The lowest BCUT2D eigenvalue weighted by Gasteiger charge is -2.24. The maximum absolute atomic E-state index is 10.2. The minimum absolute atomic E-state index is 0. The first-order valence-electron chi connectivity index (χ1n) is 16.9. The van der Waals surface area contributed by atoms with Crippen LogP contribution in [0, 0.1) is 18.3 Å². The Kier molecular flexibility index (Phi) is 15.1. The average Bonchev–Trinajstić information content (AvgIpc) is 3.95. The minimum atomic E-state index is -0.218. The van der Waals surface area contributed by atoms with Gasteiger partial charge in [-0.25, -0.2) is 9.29 Å². The van der Waals surface area contributed by atoms with Crippen molar-refractivity contribution in [3.8, 4) is 5.75 Å². The van der Waals surface area contributed by atoms with Gasteiger partial charge < -0.3 is 29.6 Å². The van der Waals surface area contributed by atoms with Gasteiger partial charge >= 0.3 is 0 Å². The Labute approximate surface area is 291 Å². The SMILES string of the molecule is CCCC1C(OC=O)COC1OC.CNCCCN(CC1(C)CC1)Sc1ccc2nc(NC3CC3)sc2c1.COc1ccc(C)cc1.[HH]. The monoisotopic (exact) mass is 688 g/mol. The standard InChI is InChI=1S/C19H28N4S2.C9H16O4.C8H10O.H2/c1-19(8-9-19)13-23(11-3-10-20-2)25-15-6-7-16-17(12-15)24-18(22-16)21-14-4-5-14;1-3-4-7-8(13-6-10)5-12-9(7)11-2;1-7-3-5-8(9-2)6-4-7;/h6-7,12,14,20H,3-5,8-11,13H2,1-2H3,(H,21,22);6-9H,3-5H2,1-2H3;3-6H,1-2H3;1H. The van der Waals surface area contributed by atoms with E-state index in [1.807, 2.05) is 43.3 Å². The molecule has 3 aliphatic rings. The van der Waals surface area contributed by atoms with Crippen molar-refractivity contribution in [2.75, 3.05) is 52.8 Å². The number of rotatable bonds is 16. The summed E-state index contributed by atoms with van der Waals surface area (Å²) >= 11 is 3.71. The number of ether oxygens (including phenoxy) is 4. The number of carbonyl (C=O) groups excluding carboxylic acids is 1. The summed E-state index contributed by atoms with van der Waals surface area (Å²) in [5.41, 5.74) is 2.92. The number of anilines is 1. The molecular weight excluding hydrogens is 633 g/mol. The molecule has 2 aliphatic carbocycles. The number of carbonyl (C=O) groups is 1. The van der Waals surface area contributed by atoms with E-state index in [1.165, 1.54) is 53.8 Å². The predicted octanol–water partition coefficient (Wildman–Crippen LogP) is 7.79. The summed E-state index contributed by atoms with van der Waals surface area (Å²) in [7, 11) is 5.31. The minimum Gasteiger partial charge on any atom is -0.497 e. The molecule has 2 N–H and O–H groups in total. The molecule has 262 valence electrons. The third-order valence-corrected chi connectivity index (χ3v) is 10.6. The number of nitrogens with zero attached hydrogens (tertiary/aromatic N) is 2. The second kappa shape index (κ2) is 19.0. The van der Waals surface area contributed by atoms with E-state index in [4.69, 9.17) is 23.9 Å². The molecule has 0 radical (unpaired) electrons. The second-order valence-corrected chi connectivity index (χ2v) is 15.2. The Morgan fingerprint density at radius 2 is 1.96 bits per heavy atom. The van der Waals surface area contributed by atoms with Crippen LogP contribution in [0.3, 0.4) is 0 Å². The molecule has 0 spiro atoms. The van der Waals surface area contributed by atoms with Crippen LogP contribution in [0.1, 0.15) is 65.8 Å². The van der Waals surface area contributed by atoms with Gasteiger partial charge in [0.25, 0.3) is 6.47 Å². The molecule has 0 amide bonds. The Morgan fingerprint density at radius 1 is 1.19 bits per heavy atom. The number of aryl methyl sites for hydroxylation is 1. The zero-order chi connectivity index (χ0) is 33.6. The summed E-state index contributed by atoms with van der Waals surface area (Å²) in [5.74, 6) is 1.10. The number of thiazole rings is 1. The van der Waals surface area contributed by atoms with E-state index in [9.17, 15) is 4.79 Å². The van der Waals surface area contributed by atoms with Crippen molar-refractivity contribution in [1.29, 1.82) is 0 Å². The van der Waals surface area contributed by atoms with Gasteiger partial charge in [0.15, 0.2) is 11.4 Å². The van der Waals surface area contributed by atoms with Gasteiger partial charge in [-0.2, -0.15) is 0 Å². The van der Waals surface area contributed by atoms with Crippen LogP contribution in [0.2, 0.25) is 0 Å². The van der Waals surface area contributed by atoms with E-state index in [0.717, 1.165) is 42.3 Å². The Hall–Kier alpha value is -2.41. The Balaban J connectivity index is 0.000000227. The van der Waals surface area contributed by atoms with Crippen LogP contribution < -0.4 is 15.4 Å². The van der Waals surface area contributed by atoms with Crippen molar-refractivity contribution >= 4 is 45.1 Å². The fraction of sp³-hybridized carbons (Fsp3) is 0.611. The fourth-order valence-corrected chi connectivity index (χ4v) is 7.61. The van der Waals surface area contributed by atoms with Gasteiger partial charge in [0.05, 0.1) is 23.9 Å². The van der Waals surface area contributed by atoms with Crippen molar-refractivity contribution in [1.82, 2.24) is 14.6 Å². The molecule has 11 heteroatoms. The largest absolute Gasteiger partial charge is 0.497 e. The third kappa shape index (κ3) is 12.5. The second-order valence-electron chi connectivity index (χ2n) is 13.0. The number of fused-ring (bicyclic) bond motifs is 1. The maximum atomic E-state index is 10.2.